The Morgan fingerprint density at radius 2 is 2.29 bits per heavy atom. The molecule has 0 aliphatic heterocycles. The molecule has 78 valence electrons. The van der Waals surface area contributed by atoms with Crippen LogP contribution in [0.2, 0.25) is 0 Å². The number of rotatable bonds is 5. The molecule has 5 heteroatoms. The normalized spacial score (nSPS) is 12.5. The van der Waals surface area contributed by atoms with Crippen molar-refractivity contribution in [2.24, 2.45) is 5.84 Å². The van der Waals surface area contributed by atoms with Crippen LogP contribution in [-0.4, -0.2) is 17.3 Å². The standard InChI is InChI=1S/C9H16N4O/c1-3-4-7(11-10)8-5-6-9(14-2)13-12-8/h5-7,11H,3-4,10H2,1-2H3. The molecule has 0 aliphatic rings. The summed E-state index contributed by atoms with van der Waals surface area (Å²) < 4.78 is 4.92. The molecule has 0 aromatic carbocycles. The largest absolute Gasteiger partial charge is 0.480 e. The van der Waals surface area contributed by atoms with Crippen molar-refractivity contribution in [1.29, 1.82) is 0 Å². The smallest absolute Gasteiger partial charge is 0.233 e. The van der Waals surface area contributed by atoms with Crippen LogP contribution in [0.4, 0.5) is 0 Å². The molecule has 0 radical (unpaired) electrons. The maximum Gasteiger partial charge on any atom is 0.233 e. The quantitative estimate of drug-likeness (QED) is 0.538. The lowest BCUT2D eigenvalue weighted by molar-refractivity contribution is 0.388. The van der Waals surface area contributed by atoms with E-state index in [1.165, 1.54) is 0 Å². The number of hydrazine groups is 1. The van der Waals surface area contributed by atoms with E-state index in [2.05, 4.69) is 22.5 Å². The minimum absolute atomic E-state index is 0.0680. The second kappa shape index (κ2) is 5.51. The van der Waals surface area contributed by atoms with Crippen LogP contribution in [0.25, 0.3) is 0 Å². The summed E-state index contributed by atoms with van der Waals surface area (Å²) in [6.45, 7) is 2.10. The van der Waals surface area contributed by atoms with Gasteiger partial charge in [0.05, 0.1) is 18.8 Å². The van der Waals surface area contributed by atoms with E-state index in [4.69, 9.17) is 10.6 Å². The lowest BCUT2D eigenvalue weighted by Gasteiger charge is -2.13. The molecule has 0 fully saturated rings. The molecule has 0 aliphatic carbocycles. The van der Waals surface area contributed by atoms with E-state index in [-0.39, 0.29) is 6.04 Å². The zero-order valence-corrected chi connectivity index (χ0v) is 8.53. The van der Waals surface area contributed by atoms with Gasteiger partial charge < -0.3 is 4.74 Å². The Balaban J connectivity index is 2.73. The highest BCUT2D eigenvalue weighted by Crippen LogP contribution is 2.15. The van der Waals surface area contributed by atoms with Gasteiger partial charge in [-0.25, -0.2) is 0 Å². The Bertz CT molecular complexity index is 262. The molecule has 14 heavy (non-hydrogen) atoms. The molecule has 1 atom stereocenters. The summed E-state index contributed by atoms with van der Waals surface area (Å²) >= 11 is 0. The number of aromatic nitrogens is 2. The Kier molecular flexibility index (Phi) is 4.28. The van der Waals surface area contributed by atoms with Crippen LogP contribution >= 0.6 is 0 Å². The van der Waals surface area contributed by atoms with Crippen LogP contribution in [0.3, 0.4) is 0 Å². The molecule has 3 N–H and O–H groups in total. The first kappa shape index (κ1) is 10.9. The van der Waals surface area contributed by atoms with Crippen LogP contribution < -0.4 is 16.0 Å². The van der Waals surface area contributed by atoms with Gasteiger partial charge in [0.2, 0.25) is 5.88 Å². The average molecular weight is 196 g/mol. The molecule has 1 aromatic rings. The SMILES string of the molecule is CCCC(NN)c1ccc(OC)nn1. The van der Waals surface area contributed by atoms with Gasteiger partial charge in [0.15, 0.2) is 0 Å². The van der Waals surface area contributed by atoms with Crippen molar-refractivity contribution in [1.82, 2.24) is 15.6 Å². The van der Waals surface area contributed by atoms with Crippen molar-refractivity contribution < 1.29 is 4.74 Å². The van der Waals surface area contributed by atoms with E-state index in [1.807, 2.05) is 6.07 Å². The Labute approximate surface area is 83.6 Å². The monoisotopic (exact) mass is 196 g/mol. The van der Waals surface area contributed by atoms with Gasteiger partial charge in [-0.15, -0.1) is 5.10 Å². The molecular weight excluding hydrogens is 180 g/mol. The van der Waals surface area contributed by atoms with E-state index >= 15 is 0 Å². The fourth-order valence-electron chi connectivity index (χ4n) is 1.23. The summed E-state index contributed by atoms with van der Waals surface area (Å²) in [6.07, 6.45) is 1.99. The van der Waals surface area contributed by atoms with Gasteiger partial charge >= 0.3 is 0 Å². The highest BCUT2D eigenvalue weighted by Gasteiger charge is 2.10. The lowest BCUT2D eigenvalue weighted by atomic mass is 10.1. The number of hydrogen-bond acceptors (Lipinski definition) is 5. The topological polar surface area (TPSA) is 73.1 Å². The molecule has 1 aromatic heterocycles. The van der Waals surface area contributed by atoms with Gasteiger partial charge in [0.25, 0.3) is 0 Å². The highest BCUT2D eigenvalue weighted by molar-refractivity contribution is 5.13. The second-order valence-corrected chi connectivity index (χ2v) is 3.01. The van der Waals surface area contributed by atoms with Gasteiger partial charge in [-0.1, -0.05) is 13.3 Å². The summed E-state index contributed by atoms with van der Waals surface area (Å²) in [7, 11) is 1.56. The van der Waals surface area contributed by atoms with Gasteiger partial charge in [0.1, 0.15) is 0 Å². The van der Waals surface area contributed by atoms with Crippen LogP contribution in [0.15, 0.2) is 12.1 Å². The summed E-state index contributed by atoms with van der Waals surface area (Å²) in [4.78, 5) is 0. The van der Waals surface area contributed by atoms with Crippen molar-refractivity contribution in [3.63, 3.8) is 0 Å². The molecule has 0 amide bonds. The van der Waals surface area contributed by atoms with E-state index in [1.54, 1.807) is 13.2 Å². The first-order chi connectivity index (χ1) is 6.81. The zero-order valence-electron chi connectivity index (χ0n) is 8.53. The van der Waals surface area contributed by atoms with Crippen molar-refractivity contribution in [2.45, 2.75) is 25.8 Å². The zero-order chi connectivity index (χ0) is 10.4. The van der Waals surface area contributed by atoms with Gasteiger partial charge in [-0.2, -0.15) is 5.10 Å². The third-order valence-corrected chi connectivity index (χ3v) is 2.01. The fourth-order valence-corrected chi connectivity index (χ4v) is 1.23. The van der Waals surface area contributed by atoms with E-state index in [0.717, 1.165) is 18.5 Å². The average Bonchev–Trinajstić information content (AvgIpc) is 2.26. The minimum Gasteiger partial charge on any atom is -0.480 e. The van der Waals surface area contributed by atoms with Gasteiger partial charge in [-0.3, -0.25) is 11.3 Å². The Hall–Kier alpha value is -1.20. The molecule has 0 saturated carbocycles. The summed E-state index contributed by atoms with van der Waals surface area (Å²) in [5.74, 6) is 5.93. The third kappa shape index (κ3) is 2.65. The number of nitrogens with one attached hydrogen (secondary N) is 1. The fraction of sp³-hybridized carbons (Fsp3) is 0.556. The number of ether oxygens (including phenoxy) is 1. The molecule has 0 saturated heterocycles. The lowest BCUT2D eigenvalue weighted by Crippen LogP contribution is -2.28. The number of methoxy groups -OCH3 is 1. The molecule has 1 rings (SSSR count). The highest BCUT2D eigenvalue weighted by atomic mass is 16.5. The first-order valence-electron chi connectivity index (χ1n) is 4.65. The minimum atomic E-state index is 0.0680. The summed E-state index contributed by atoms with van der Waals surface area (Å²) in [6, 6.07) is 3.72. The van der Waals surface area contributed by atoms with E-state index in [0.29, 0.717) is 5.88 Å². The summed E-state index contributed by atoms with van der Waals surface area (Å²) in [5.41, 5.74) is 3.56. The Morgan fingerprint density at radius 1 is 1.50 bits per heavy atom. The number of nitrogens with zero attached hydrogens (tertiary/aromatic N) is 2. The first-order valence-corrected chi connectivity index (χ1v) is 4.65. The molecule has 1 heterocycles. The molecular formula is C9H16N4O. The molecule has 1 unspecified atom stereocenters. The Morgan fingerprint density at radius 3 is 2.71 bits per heavy atom. The van der Waals surface area contributed by atoms with Crippen molar-refractivity contribution in [3.8, 4) is 5.88 Å². The van der Waals surface area contributed by atoms with Crippen LogP contribution in [0, 0.1) is 0 Å². The van der Waals surface area contributed by atoms with Crippen molar-refractivity contribution in [2.75, 3.05) is 7.11 Å². The predicted molar refractivity (Wildman–Crippen MR) is 53.6 cm³/mol. The number of nitrogens with two attached hydrogens (primary N) is 1. The summed E-state index contributed by atoms with van der Waals surface area (Å²) in [5, 5.41) is 7.90. The van der Waals surface area contributed by atoms with E-state index in [9.17, 15) is 0 Å². The van der Waals surface area contributed by atoms with Crippen molar-refractivity contribution >= 4 is 0 Å². The van der Waals surface area contributed by atoms with E-state index < -0.39 is 0 Å². The predicted octanol–water partition coefficient (Wildman–Crippen LogP) is 0.790. The van der Waals surface area contributed by atoms with Gasteiger partial charge in [-0.05, 0) is 12.5 Å². The molecule has 0 spiro atoms. The number of hydrogen-bond donors (Lipinski definition) is 2. The van der Waals surface area contributed by atoms with Gasteiger partial charge in [0, 0.05) is 6.07 Å². The third-order valence-electron chi connectivity index (χ3n) is 2.01. The van der Waals surface area contributed by atoms with Crippen molar-refractivity contribution in [3.05, 3.63) is 17.8 Å². The molecule has 5 nitrogen and oxygen atoms in total. The van der Waals surface area contributed by atoms with Crippen LogP contribution in [0.1, 0.15) is 31.5 Å². The molecule has 0 bridgehead atoms. The maximum absolute atomic E-state index is 5.41. The maximum atomic E-state index is 5.41. The van der Waals surface area contributed by atoms with Crippen LogP contribution in [-0.2, 0) is 0 Å². The van der Waals surface area contributed by atoms with Crippen LogP contribution in [0.5, 0.6) is 5.88 Å². The second-order valence-electron chi connectivity index (χ2n) is 3.01.